The molecule has 2 aromatic carbocycles. The fraction of sp³-hybridized carbons (Fsp3) is 0.300. The molecule has 4 rings (SSSR count). The maximum Gasteiger partial charge on any atom is 0.323 e. The Morgan fingerprint density at radius 1 is 1.00 bits per heavy atom. The second kappa shape index (κ2) is 7.14. The standard InChI is InChI=1S/C20H17Cl3N2O3/c21-12-1-2-16-17(10-12)25(11-18(26)27)19(28)20(16)3-5-24(6-4-20)15-8-13(22)7-14(23)9-15/h1-2,7-10H,3-6,11H2,(H,26,27). The van der Waals surface area contributed by atoms with Crippen LogP contribution in [-0.4, -0.2) is 36.6 Å². The third-order valence-corrected chi connectivity index (χ3v) is 6.22. The van der Waals surface area contributed by atoms with Gasteiger partial charge in [-0.05, 0) is 48.7 Å². The molecule has 1 saturated heterocycles. The number of carbonyl (C=O) groups is 2. The molecule has 1 fully saturated rings. The molecule has 0 atom stereocenters. The van der Waals surface area contributed by atoms with Gasteiger partial charge in [0, 0.05) is 33.8 Å². The van der Waals surface area contributed by atoms with Gasteiger partial charge in [-0.2, -0.15) is 0 Å². The van der Waals surface area contributed by atoms with Gasteiger partial charge in [-0.25, -0.2) is 0 Å². The van der Waals surface area contributed by atoms with Gasteiger partial charge in [0.1, 0.15) is 6.54 Å². The highest BCUT2D eigenvalue weighted by Crippen LogP contribution is 2.49. The number of anilines is 2. The summed E-state index contributed by atoms with van der Waals surface area (Å²) in [5.74, 6) is -1.22. The first kappa shape index (κ1) is 19.4. The predicted octanol–water partition coefficient (Wildman–Crippen LogP) is 4.62. The maximum atomic E-state index is 13.3. The second-order valence-corrected chi connectivity index (χ2v) is 8.45. The molecule has 0 saturated carbocycles. The van der Waals surface area contributed by atoms with Gasteiger partial charge >= 0.3 is 5.97 Å². The van der Waals surface area contributed by atoms with Gasteiger partial charge in [0.05, 0.1) is 11.1 Å². The third-order valence-electron chi connectivity index (χ3n) is 5.54. The zero-order chi connectivity index (χ0) is 20.1. The van der Waals surface area contributed by atoms with Gasteiger partial charge in [-0.15, -0.1) is 0 Å². The lowest BCUT2D eigenvalue weighted by Crippen LogP contribution is -2.49. The number of nitrogens with zero attached hydrogens (tertiary/aromatic N) is 2. The number of fused-ring (bicyclic) bond motifs is 2. The number of aliphatic carboxylic acids is 1. The van der Waals surface area contributed by atoms with Crippen molar-refractivity contribution < 1.29 is 14.7 Å². The van der Waals surface area contributed by atoms with E-state index in [1.165, 1.54) is 4.90 Å². The molecule has 1 amide bonds. The molecule has 0 radical (unpaired) electrons. The number of benzene rings is 2. The summed E-state index contributed by atoms with van der Waals surface area (Å²) >= 11 is 18.4. The first-order valence-corrected chi connectivity index (χ1v) is 9.98. The predicted molar refractivity (Wildman–Crippen MR) is 111 cm³/mol. The molecule has 1 N–H and O–H groups in total. The molecule has 146 valence electrons. The lowest BCUT2D eigenvalue weighted by molar-refractivity contribution is -0.137. The molecular weight excluding hydrogens is 423 g/mol. The Kier molecular flexibility index (Phi) is 4.94. The average molecular weight is 440 g/mol. The first-order chi connectivity index (χ1) is 13.3. The lowest BCUT2D eigenvalue weighted by atomic mass is 9.73. The van der Waals surface area contributed by atoms with Crippen LogP contribution in [0.2, 0.25) is 15.1 Å². The highest BCUT2D eigenvalue weighted by atomic mass is 35.5. The van der Waals surface area contributed by atoms with Crippen LogP contribution in [0, 0.1) is 0 Å². The number of amides is 1. The molecule has 1 spiro atoms. The van der Waals surface area contributed by atoms with Gasteiger partial charge < -0.3 is 14.9 Å². The largest absolute Gasteiger partial charge is 0.480 e. The van der Waals surface area contributed by atoms with Crippen LogP contribution < -0.4 is 9.80 Å². The van der Waals surface area contributed by atoms with Gasteiger partial charge in [-0.1, -0.05) is 40.9 Å². The van der Waals surface area contributed by atoms with Crippen LogP contribution >= 0.6 is 34.8 Å². The lowest BCUT2D eigenvalue weighted by Gasteiger charge is -2.39. The molecular formula is C20H17Cl3N2O3. The second-order valence-electron chi connectivity index (χ2n) is 7.14. The topological polar surface area (TPSA) is 60.9 Å². The number of carboxylic acid groups (broad SMARTS) is 1. The van der Waals surface area contributed by atoms with E-state index in [2.05, 4.69) is 4.90 Å². The molecule has 28 heavy (non-hydrogen) atoms. The molecule has 0 bridgehead atoms. The number of piperidine rings is 1. The van der Waals surface area contributed by atoms with Crippen molar-refractivity contribution >= 4 is 58.1 Å². The number of rotatable bonds is 3. The molecule has 2 aromatic rings. The summed E-state index contributed by atoms with van der Waals surface area (Å²) in [5, 5.41) is 10.9. The van der Waals surface area contributed by atoms with E-state index >= 15 is 0 Å². The van der Waals surface area contributed by atoms with Crippen molar-refractivity contribution in [2.75, 3.05) is 29.4 Å². The molecule has 2 aliphatic heterocycles. The number of halogens is 3. The molecule has 0 unspecified atom stereocenters. The maximum absolute atomic E-state index is 13.3. The number of carbonyl (C=O) groups excluding carboxylic acids is 1. The van der Waals surface area contributed by atoms with Crippen molar-refractivity contribution in [2.24, 2.45) is 0 Å². The Morgan fingerprint density at radius 3 is 2.25 bits per heavy atom. The van der Waals surface area contributed by atoms with Crippen molar-refractivity contribution in [3.05, 3.63) is 57.0 Å². The van der Waals surface area contributed by atoms with Crippen LogP contribution in [-0.2, 0) is 15.0 Å². The number of hydrogen-bond donors (Lipinski definition) is 1. The van der Waals surface area contributed by atoms with E-state index in [-0.39, 0.29) is 12.5 Å². The molecule has 5 nitrogen and oxygen atoms in total. The van der Waals surface area contributed by atoms with Gasteiger partial charge in [-0.3, -0.25) is 9.59 Å². The summed E-state index contributed by atoms with van der Waals surface area (Å²) < 4.78 is 0. The summed E-state index contributed by atoms with van der Waals surface area (Å²) in [6, 6.07) is 10.7. The summed E-state index contributed by atoms with van der Waals surface area (Å²) in [6.45, 7) is 0.887. The fourth-order valence-electron chi connectivity index (χ4n) is 4.26. The van der Waals surface area contributed by atoms with E-state index in [9.17, 15) is 14.7 Å². The Balaban J connectivity index is 1.66. The minimum absolute atomic E-state index is 0.170. The zero-order valence-corrected chi connectivity index (χ0v) is 17.1. The third kappa shape index (κ3) is 3.21. The van der Waals surface area contributed by atoms with Gasteiger partial charge in [0.15, 0.2) is 0 Å². The molecule has 2 heterocycles. The minimum atomic E-state index is -1.05. The monoisotopic (exact) mass is 438 g/mol. The highest BCUT2D eigenvalue weighted by molar-refractivity contribution is 6.35. The Labute approximate surface area is 177 Å². The molecule has 0 aliphatic carbocycles. The van der Waals surface area contributed by atoms with E-state index in [1.807, 2.05) is 18.2 Å². The minimum Gasteiger partial charge on any atom is -0.480 e. The van der Waals surface area contributed by atoms with Crippen LogP contribution in [0.4, 0.5) is 11.4 Å². The van der Waals surface area contributed by atoms with Crippen molar-refractivity contribution in [2.45, 2.75) is 18.3 Å². The Hall–Kier alpha value is -1.95. The van der Waals surface area contributed by atoms with E-state index in [0.717, 1.165) is 11.3 Å². The Bertz CT molecular complexity index is 951. The van der Waals surface area contributed by atoms with Crippen LogP contribution in [0.3, 0.4) is 0 Å². The smallest absolute Gasteiger partial charge is 0.323 e. The fourth-order valence-corrected chi connectivity index (χ4v) is 4.94. The molecule has 0 aromatic heterocycles. The van der Waals surface area contributed by atoms with Gasteiger partial charge in [0.25, 0.3) is 0 Å². The normalized spacial score (nSPS) is 17.9. The van der Waals surface area contributed by atoms with E-state index < -0.39 is 11.4 Å². The Morgan fingerprint density at radius 2 is 1.64 bits per heavy atom. The average Bonchev–Trinajstić information content (AvgIpc) is 2.83. The first-order valence-electron chi connectivity index (χ1n) is 8.85. The van der Waals surface area contributed by atoms with E-state index in [4.69, 9.17) is 34.8 Å². The number of carboxylic acids is 1. The van der Waals surface area contributed by atoms with Crippen molar-refractivity contribution in [3.8, 4) is 0 Å². The molecule has 2 aliphatic rings. The summed E-state index contributed by atoms with van der Waals surface area (Å²) in [4.78, 5) is 28.1. The zero-order valence-electron chi connectivity index (χ0n) is 14.8. The summed E-state index contributed by atoms with van der Waals surface area (Å²) in [5.41, 5.74) is 1.64. The van der Waals surface area contributed by atoms with Crippen LogP contribution in [0.25, 0.3) is 0 Å². The highest BCUT2D eigenvalue weighted by Gasteiger charge is 2.52. The quantitative estimate of drug-likeness (QED) is 0.758. The van der Waals surface area contributed by atoms with E-state index in [1.54, 1.807) is 18.2 Å². The SMILES string of the molecule is O=C(O)CN1C(=O)C2(CCN(c3cc(Cl)cc(Cl)c3)CC2)c2ccc(Cl)cc21. The van der Waals surface area contributed by atoms with E-state index in [0.29, 0.717) is 46.7 Å². The van der Waals surface area contributed by atoms with Gasteiger partial charge in [0.2, 0.25) is 5.91 Å². The van der Waals surface area contributed by atoms with Crippen molar-refractivity contribution in [1.29, 1.82) is 0 Å². The van der Waals surface area contributed by atoms with Crippen molar-refractivity contribution in [3.63, 3.8) is 0 Å². The van der Waals surface area contributed by atoms with Crippen LogP contribution in [0.15, 0.2) is 36.4 Å². The van der Waals surface area contributed by atoms with Crippen LogP contribution in [0.1, 0.15) is 18.4 Å². The molecule has 8 heteroatoms. The summed E-state index contributed by atoms with van der Waals surface area (Å²) in [7, 11) is 0. The number of hydrogen-bond acceptors (Lipinski definition) is 3. The van der Waals surface area contributed by atoms with Crippen molar-refractivity contribution in [1.82, 2.24) is 0 Å². The van der Waals surface area contributed by atoms with Crippen LogP contribution in [0.5, 0.6) is 0 Å². The summed E-state index contributed by atoms with van der Waals surface area (Å²) in [6.07, 6.45) is 1.14.